The SMILES string of the molecule is COc1ccc2c(c1)c1cc(OC)ccc1n2-c1cnccc1C#N. The van der Waals surface area contributed by atoms with E-state index in [1.54, 1.807) is 32.7 Å². The predicted molar refractivity (Wildman–Crippen MR) is 96.4 cm³/mol. The van der Waals surface area contributed by atoms with Gasteiger partial charge >= 0.3 is 0 Å². The summed E-state index contributed by atoms with van der Waals surface area (Å²) in [5.74, 6) is 1.56. The van der Waals surface area contributed by atoms with E-state index in [-0.39, 0.29) is 0 Å². The number of pyridine rings is 1. The van der Waals surface area contributed by atoms with Crippen molar-refractivity contribution in [3.8, 4) is 23.3 Å². The van der Waals surface area contributed by atoms with Crippen molar-refractivity contribution in [1.29, 1.82) is 5.26 Å². The summed E-state index contributed by atoms with van der Waals surface area (Å²) in [5, 5.41) is 11.6. The summed E-state index contributed by atoms with van der Waals surface area (Å²) in [6.07, 6.45) is 3.34. The van der Waals surface area contributed by atoms with Gasteiger partial charge in [0.15, 0.2) is 0 Å². The van der Waals surface area contributed by atoms with Crippen LogP contribution in [0.1, 0.15) is 5.56 Å². The first-order chi connectivity index (χ1) is 12.3. The maximum absolute atomic E-state index is 9.49. The van der Waals surface area contributed by atoms with Gasteiger partial charge in [-0.3, -0.25) is 4.98 Å². The third-order valence-electron chi connectivity index (χ3n) is 4.34. The molecule has 0 radical (unpaired) electrons. The van der Waals surface area contributed by atoms with Crippen molar-refractivity contribution < 1.29 is 9.47 Å². The number of aromatic nitrogens is 2. The van der Waals surface area contributed by atoms with Gasteiger partial charge in [-0.05, 0) is 42.5 Å². The molecule has 2 aromatic carbocycles. The molecular formula is C20H15N3O2. The molecule has 0 amide bonds. The van der Waals surface area contributed by atoms with Crippen LogP contribution in [0.15, 0.2) is 54.9 Å². The van der Waals surface area contributed by atoms with Crippen molar-refractivity contribution in [3.63, 3.8) is 0 Å². The van der Waals surface area contributed by atoms with Crippen LogP contribution in [0, 0.1) is 11.3 Å². The monoisotopic (exact) mass is 329 g/mol. The summed E-state index contributed by atoms with van der Waals surface area (Å²) >= 11 is 0. The second-order valence-corrected chi connectivity index (χ2v) is 5.61. The molecule has 0 saturated carbocycles. The van der Waals surface area contributed by atoms with Crippen molar-refractivity contribution in [2.24, 2.45) is 0 Å². The lowest BCUT2D eigenvalue weighted by Crippen LogP contribution is -1.98. The Balaban J connectivity index is 2.17. The van der Waals surface area contributed by atoms with Gasteiger partial charge in [0.05, 0.1) is 42.7 Å². The first-order valence-corrected chi connectivity index (χ1v) is 7.77. The van der Waals surface area contributed by atoms with Crippen LogP contribution in [0.4, 0.5) is 0 Å². The highest BCUT2D eigenvalue weighted by atomic mass is 16.5. The number of fused-ring (bicyclic) bond motifs is 3. The lowest BCUT2D eigenvalue weighted by atomic mass is 10.1. The molecule has 0 aliphatic rings. The minimum absolute atomic E-state index is 0.570. The molecule has 4 aromatic rings. The van der Waals surface area contributed by atoms with Gasteiger partial charge in [-0.15, -0.1) is 0 Å². The topological polar surface area (TPSA) is 60.1 Å². The first-order valence-electron chi connectivity index (χ1n) is 7.77. The molecule has 0 aliphatic carbocycles. The van der Waals surface area contributed by atoms with Crippen LogP contribution in [-0.4, -0.2) is 23.8 Å². The van der Waals surface area contributed by atoms with Crippen LogP contribution >= 0.6 is 0 Å². The third kappa shape index (κ3) is 2.27. The molecule has 0 aliphatic heterocycles. The predicted octanol–water partition coefficient (Wildman–Crippen LogP) is 4.07. The normalized spacial score (nSPS) is 10.8. The smallest absolute Gasteiger partial charge is 0.119 e. The second kappa shape index (κ2) is 5.84. The van der Waals surface area contributed by atoms with Crippen molar-refractivity contribution in [3.05, 3.63) is 60.4 Å². The Morgan fingerprint density at radius 2 is 1.52 bits per heavy atom. The average molecular weight is 329 g/mol. The summed E-state index contributed by atoms with van der Waals surface area (Å²) in [6.45, 7) is 0. The number of hydrogen-bond acceptors (Lipinski definition) is 4. The summed E-state index contributed by atoms with van der Waals surface area (Å²) in [6, 6.07) is 15.8. The Labute approximate surface area is 144 Å². The molecule has 0 bridgehead atoms. The molecule has 0 unspecified atom stereocenters. The molecule has 2 heterocycles. The van der Waals surface area contributed by atoms with E-state index in [0.717, 1.165) is 39.0 Å². The third-order valence-corrected chi connectivity index (χ3v) is 4.34. The molecule has 2 aromatic heterocycles. The van der Waals surface area contributed by atoms with Gasteiger partial charge in [-0.1, -0.05) is 0 Å². The van der Waals surface area contributed by atoms with E-state index in [1.807, 2.05) is 36.4 Å². The van der Waals surface area contributed by atoms with E-state index in [2.05, 4.69) is 15.6 Å². The number of methoxy groups -OCH3 is 2. The zero-order valence-corrected chi connectivity index (χ0v) is 13.9. The molecular weight excluding hydrogens is 314 g/mol. The molecule has 122 valence electrons. The maximum atomic E-state index is 9.49. The van der Waals surface area contributed by atoms with E-state index in [9.17, 15) is 5.26 Å². The van der Waals surface area contributed by atoms with Crippen LogP contribution in [0.25, 0.3) is 27.5 Å². The van der Waals surface area contributed by atoms with E-state index >= 15 is 0 Å². The van der Waals surface area contributed by atoms with E-state index in [4.69, 9.17) is 9.47 Å². The van der Waals surface area contributed by atoms with Crippen molar-refractivity contribution >= 4 is 21.8 Å². The molecule has 4 rings (SSSR count). The van der Waals surface area contributed by atoms with E-state index in [1.165, 1.54) is 0 Å². The number of ether oxygens (including phenoxy) is 2. The van der Waals surface area contributed by atoms with E-state index < -0.39 is 0 Å². The van der Waals surface area contributed by atoms with Crippen LogP contribution < -0.4 is 9.47 Å². The van der Waals surface area contributed by atoms with Crippen molar-refractivity contribution in [2.45, 2.75) is 0 Å². The molecule has 0 spiro atoms. The van der Waals surface area contributed by atoms with Crippen molar-refractivity contribution in [1.82, 2.24) is 9.55 Å². The number of benzene rings is 2. The van der Waals surface area contributed by atoms with Gasteiger partial charge in [-0.2, -0.15) is 5.26 Å². The van der Waals surface area contributed by atoms with Crippen LogP contribution in [0.5, 0.6) is 11.5 Å². The van der Waals surface area contributed by atoms with Gasteiger partial charge in [0.2, 0.25) is 0 Å². The highest BCUT2D eigenvalue weighted by Gasteiger charge is 2.16. The summed E-state index contributed by atoms with van der Waals surface area (Å²) in [5.41, 5.74) is 3.28. The molecule has 0 N–H and O–H groups in total. The quantitative estimate of drug-likeness (QED) is 0.568. The number of hydrogen-bond donors (Lipinski definition) is 0. The minimum atomic E-state index is 0.570. The lowest BCUT2D eigenvalue weighted by Gasteiger charge is -2.09. The standard InChI is InChI=1S/C20H15N3O2/c1-24-14-3-5-18-16(9-14)17-10-15(25-2)4-6-19(17)23(18)20-12-22-8-7-13(20)11-21/h3-10,12H,1-2H3. The molecule has 0 atom stereocenters. The molecule has 5 heteroatoms. The Kier molecular flexibility index (Phi) is 3.51. The van der Waals surface area contributed by atoms with Gasteiger partial charge in [-0.25, -0.2) is 0 Å². The molecule has 0 fully saturated rings. The Morgan fingerprint density at radius 1 is 0.920 bits per heavy atom. The Morgan fingerprint density at radius 3 is 2.04 bits per heavy atom. The van der Waals surface area contributed by atoms with Gasteiger partial charge in [0.1, 0.15) is 17.6 Å². The Bertz CT molecular complexity index is 1080. The Hall–Kier alpha value is -3.52. The number of nitrogens with zero attached hydrogens (tertiary/aromatic N) is 3. The number of nitriles is 1. The van der Waals surface area contributed by atoms with E-state index in [0.29, 0.717) is 5.56 Å². The number of rotatable bonds is 3. The largest absolute Gasteiger partial charge is 0.497 e. The van der Waals surface area contributed by atoms with Crippen molar-refractivity contribution in [2.75, 3.05) is 14.2 Å². The molecule has 5 nitrogen and oxygen atoms in total. The average Bonchev–Trinajstić information content (AvgIpc) is 3.00. The second-order valence-electron chi connectivity index (χ2n) is 5.61. The fourth-order valence-corrected chi connectivity index (χ4v) is 3.15. The van der Waals surface area contributed by atoms with Gasteiger partial charge in [0.25, 0.3) is 0 Å². The fourth-order valence-electron chi connectivity index (χ4n) is 3.15. The minimum Gasteiger partial charge on any atom is -0.497 e. The zero-order valence-electron chi connectivity index (χ0n) is 13.9. The fraction of sp³-hybridized carbons (Fsp3) is 0.100. The highest BCUT2D eigenvalue weighted by Crippen LogP contribution is 2.36. The summed E-state index contributed by atoms with van der Waals surface area (Å²) in [4.78, 5) is 4.21. The summed E-state index contributed by atoms with van der Waals surface area (Å²) < 4.78 is 12.8. The van der Waals surface area contributed by atoms with Gasteiger partial charge < -0.3 is 14.0 Å². The zero-order chi connectivity index (χ0) is 17.4. The van der Waals surface area contributed by atoms with Crippen LogP contribution in [-0.2, 0) is 0 Å². The van der Waals surface area contributed by atoms with Crippen LogP contribution in [0.3, 0.4) is 0 Å². The van der Waals surface area contributed by atoms with Gasteiger partial charge in [0, 0.05) is 17.0 Å². The molecule has 0 saturated heterocycles. The van der Waals surface area contributed by atoms with Crippen LogP contribution in [0.2, 0.25) is 0 Å². The maximum Gasteiger partial charge on any atom is 0.119 e. The lowest BCUT2D eigenvalue weighted by molar-refractivity contribution is 0.415. The first kappa shape index (κ1) is 15.0. The highest BCUT2D eigenvalue weighted by molar-refractivity contribution is 6.10. The summed E-state index contributed by atoms with van der Waals surface area (Å²) in [7, 11) is 3.30. The molecule has 25 heavy (non-hydrogen) atoms.